The minimum atomic E-state index is 0.988. The van der Waals surface area contributed by atoms with Crippen molar-refractivity contribution in [1.29, 1.82) is 0 Å². The van der Waals surface area contributed by atoms with Gasteiger partial charge in [0, 0.05) is 4.47 Å². The number of hydrogen-bond donors (Lipinski definition) is 0. The predicted molar refractivity (Wildman–Crippen MR) is 47.7 cm³/mol. The summed E-state index contributed by atoms with van der Waals surface area (Å²) in [5, 5.41) is 0. The van der Waals surface area contributed by atoms with Gasteiger partial charge in [-0.25, -0.2) is 0 Å². The smallest absolute Gasteiger partial charge is 0.0328 e. The van der Waals surface area contributed by atoms with E-state index in [4.69, 9.17) is 0 Å². The first-order valence-electron chi connectivity index (χ1n) is 3.04. The maximum absolute atomic E-state index is 3.84. The number of benzene rings is 1. The van der Waals surface area contributed by atoms with Gasteiger partial charge < -0.3 is 0 Å². The van der Waals surface area contributed by atoms with Gasteiger partial charge in [0.1, 0.15) is 0 Å². The second-order valence-electron chi connectivity index (χ2n) is 2.18. The Labute approximate surface area is 69.7 Å². The molecule has 10 heavy (non-hydrogen) atoms. The van der Waals surface area contributed by atoms with Gasteiger partial charge >= 0.3 is 0 Å². The fourth-order valence-corrected chi connectivity index (χ4v) is 1.35. The molecule has 0 saturated carbocycles. The largest absolute Gasteiger partial charge is 0.0955 e. The van der Waals surface area contributed by atoms with Crippen LogP contribution in [0.3, 0.4) is 0 Å². The summed E-state index contributed by atoms with van der Waals surface area (Å²) in [6.07, 6.45) is 0. The molecule has 0 saturated heterocycles. The Morgan fingerprint density at radius 3 is 2.80 bits per heavy atom. The van der Waals surface area contributed by atoms with Crippen LogP contribution in [0.5, 0.6) is 0 Å². The molecule has 0 bridgehead atoms. The van der Waals surface area contributed by atoms with E-state index in [0.29, 0.717) is 0 Å². The number of hydrogen-bond acceptors (Lipinski definition) is 0. The van der Waals surface area contributed by atoms with Crippen molar-refractivity contribution >= 4 is 21.5 Å². The van der Waals surface area contributed by atoms with Gasteiger partial charge in [-0.15, -0.1) is 0 Å². The summed E-state index contributed by atoms with van der Waals surface area (Å²) in [5.74, 6) is 0. The van der Waals surface area contributed by atoms with Crippen molar-refractivity contribution in [1.82, 2.24) is 0 Å². The molecule has 0 unspecified atom stereocenters. The van der Waals surface area contributed by atoms with Gasteiger partial charge in [-0.3, -0.25) is 0 Å². The minimum Gasteiger partial charge on any atom is -0.0955 e. The van der Waals surface area contributed by atoms with Gasteiger partial charge in [-0.1, -0.05) is 24.8 Å². The first-order valence-corrected chi connectivity index (χ1v) is 3.83. The monoisotopic (exact) mass is 195 g/mol. The molecule has 0 aliphatic carbocycles. The second-order valence-corrected chi connectivity index (χ2v) is 2.97. The molecule has 0 aliphatic rings. The Kier molecular flexibility index (Phi) is 2.28. The highest BCUT2D eigenvalue weighted by Gasteiger charge is 1.96. The zero-order chi connectivity index (χ0) is 7.56. The molecule has 0 atom stereocenters. The molecule has 1 rings (SSSR count). The maximum atomic E-state index is 3.84. The number of rotatable bonds is 1. The van der Waals surface area contributed by atoms with E-state index < -0.39 is 0 Å². The van der Waals surface area contributed by atoms with E-state index in [9.17, 15) is 0 Å². The van der Waals surface area contributed by atoms with E-state index >= 15 is 0 Å². The van der Waals surface area contributed by atoms with Gasteiger partial charge in [0.15, 0.2) is 0 Å². The molecule has 1 heteroatoms. The van der Waals surface area contributed by atoms with E-state index in [0.717, 1.165) is 15.6 Å². The van der Waals surface area contributed by atoms with Gasteiger partial charge in [-0.2, -0.15) is 0 Å². The van der Waals surface area contributed by atoms with Crippen LogP contribution in [0.4, 0.5) is 0 Å². The summed E-state index contributed by atoms with van der Waals surface area (Å²) < 4.78 is 0.988. The van der Waals surface area contributed by atoms with Gasteiger partial charge in [0.25, 0.3) is 0 Å². The van der Waals surface area contributed by atoms with E-state index in [1.165, 1.54) is 0 Å². The third-order valence-corrected chi connectivity index (χ3v) is 1.92. The molecule has 0 amide bonds. The highest BCUT2D eigenvalue weighted by atomic mass is 79.9. The minimum absolute atomic E-state index is 0.988. The average Bonchev–Trinajstić information content (AvgIpc) is 1.88. The van der Waals surface area contributed by atoms with Crippen LogP contribution in [-0.2, 0) is 0 Å². The van der Waals surface area contributed by atoms with Crippen LogP contribution in [0.25, 0.3) is 5.57 Å². The van der Waals surface area contributed by atoms with Crippen LogP contribution in [0.15, 0.2) is 29.3 Å². The Balaban J connectivity index is 3.15. The van der Waals surface area contributed by atoms with Crippen molar-refractivity contribution in [2.75, 3.05) is 0 Å². The second kappa shape index (κ2) is 3.02. The Hall–Kier alpha value is -0.560. The molecule has 0 fully saturated rings. The Bertz CT molecular complexity index is 251. The van der Waals surface area contributed by atoms with Crippen LogP contribution < -0.4 is 0 Å². The first-order chi connectivity index (χ1) is 4.72. The zero-order valence-electron chi connectivity index (χ0n) is 5.82. The molecule has 1 radical (unpaired) electrons. The van der Waals surface area contributed by atoms with Crippen molar-refractivity contribution in [3.05, 3.63) is 40.9 Å². The predicted octanol–water partition coefficient (Wildman–Crippen LogP) is 3.28. The van der Waals surface area contributed by atoms with Gasteiger partial charge in [0.2, 0.25) is 0 Å². The normalized spacial score (nSPS) is 9.40. The van der Waals surface area contributed by atoms with Crippen LogP contribution in [0, 0.1) is 6.07 Å². The third kappa shape index (κ3) is 1.48. The lowest BCUT2D eigenvalue weighted by Crippen LogP contribution is -1.78. The van der Waals surface area contributed by atoms with Crippen LogP contribution >= 0.6 is 15.9 Å². The van der Waals surface area contributed by atoms with Crippen molar-refractivity contribution in [2.24, 2.45) is 0 Å². The lowest BCUT2D eigenvalue weighted by molar-refractivity contribution is 1.53. The summed E-state index contributed by atoms with van der Waals surface area (Å²) in [5.41, 5.74) is 2.19. The highest BCUT2D eigenvalue weighted by Crippen LogP contribution is 2.21. The number of halogens is 1. The van der Waals surface area contributed by atoms with E-state index in [1.54, 1.807) is 0 Å². The third-order valence-electron chi connectivity index (χ3n) is 1.27. The fraction of sp³-hybridized carbons (Fsp3) is 0.111. The van der Waals surface area contributed by atoms with Crippen LogP contribution in [0.2, 0.25) is 0 Å². The van der Waals surface area contributed by atoms with Crippen LogP contribution in [-0.4, -0.2) is 0 Å². The highest BCUT2D eigenvalue weighted by molar-refractivity contribution is 9.10. The Morgan fingerprint density at radius 2 is 2.40 bits per heavy atom. The quantitative estimate of drug-likeness (QED) is 0.646. The van der Waals surface area contributed by atoms with Crippen LogP contribution in [0.1, 0.15) is 12.5 Å². The maximum Gasteiger partial charge on any atom is 0.0328 e. The average molecular weight is 196 g/mol. The number of allylic oxidation sites excluding steroid dienone is 1. The SMILES string of the molecule is C=C(C)c1ccc[c]c1Br. The lowest BCUT2D eigenvalue weighted by Gasteiger charge is -1.99. The summed E-state index contributed by atoms with van der Waals surface area (Å²) >= 11 is 3.38. The van der Waals surface area contributed by atoms with E-state index in [1.807, 2.05) is 25.1 Å². The Morgan fingerprint density at radius 1 is 1.70 bits per heavy atom. The molecule has 1 aromatic carbocycles. The zero-order valence-corrected chi connectivity index (χ0v) is 7.40. The molecule has 1 aromatic rings. The molecule has 0 aromatic heterocycles. The van der Waals surface area contributed by atoms with Crippen molar-refractivity contribution in [2.45, 2.75) is 6.92 Å². The summed E-state index contributed by atoms with van der Waals surface area (Å²) in [6.45, 7) is 5.82. The molecule has 51 valence electrons. The van der Waals surface area contributed by atoms with Gasteiger partial charge in [0.05, 0.1) is 0 Å². The molecular formula is C9H8Br. The molecule has 0 spiro atoms. The molecular weight excluding hydrogens is 188 g/mol. The van der Waals surface area contributed by atoms with Crippen molar-refractivity contribution in [3.8, 4) is 0 Å². The van der Waals surface area contributed by atoms with Crippen molar-refractivity contribution < 1.29 is 0 Å². The fourth-order valence-electron chi connectivity index (χ4n) is 0.746. The van der Waals surface area contributed by atoms with Gasteiger partial charge in [-0.05, 0) is 40.1 Å². The summed E-state index contributed by atoms with van der Waals surface area (Å²) in [4.78, 5) is 0. The molecule has 0 N–H and O–H groups in total. The standard InChI is InChI=1S/C9H8Br/c1-7(2)8-5-3-4-6-9(8)10/h3-5H,1H2,2H3. The topological polar surface area (TPSA) is 0 Å². The van der Waals surface area contributed by atoms with E-state index in [2.05, 4.69) is 28.6 Å². The van der Waals surface area contributed by atoms with E-state index in [-0.39, 0.29) is 0 Å². The summed E-state index contributed by atoms with van der Waals surface area (Å²) in [7, 11) is 0. The summed E-state index contributed by atoms with van der Waals surface area (Å²) in [6, 6.07) is 8.88. The molecule has 0 aliphatic heterocycles. The molecule has 0 heterocycles. The molecule has 0 nitrogen and oxygen atoms in total. The van der Waals surface area contributed by atoms with Crippen molar-refractivity contribution in [3.63, 3.8) is 0 Å². The lowest BCUT2D eigenvalue weighted by atomic mass is 10.1. The first kappa shape index (κ1) is 7.55.